The molecule has 44 heavy (non-hydrogen) atoms. The molecule has 4 atom stereocenters. The number of halogens is 1. The van der Waals surface area contributed by atoms with E-state index in [0.29, 0.717) is 27.7 Å². The van der Waals surface area contributed by atoms with Gasteiger partial charge >= 0.3 is 19.6 Å². The zero-order valence-corrected chi connectivity index (χ0v) is 26.3. The SMILES string of the molecule is Cc1cc2c(F)c(Oc3ncnn4cc(OCC(C)OP(=O)(NC(C)C(=O)O)NC(C)C(=O)OC(C)C)c(C)c34)ccc2[nH]1. The van der Waals surface area contributed by atoms with Gasteiger partial charge in [0.25, 0.3) is 0 Å². The molecule has 0 aliphatic heterocycles. The normalized spacial score (nSPS) is 15.2. The highest BCUT2D eigenvalue weighted by Gasteiger charge is 2.34. The number of fused-ring (bicyclic) bond motifs is 2. The van der Waals surface area contributed by atoms with Crippen LogP contribution in [0, 0.1) is 19.7 Å². The molecule has 3 aromatic heterocycles. The number of aromatic amines is 1. The smallest absolute Gasteiger partial charge is 0.342 e. The molecule has 0 bridgehead atoms. The van der Waals surface area contributed by atoms with Gasteiger partial charge in [-0.3, -0.25) is 18.7 Å². The number of carboxylic acids is 1. The van der Waals surface area contributed by atoms with E-state index >= 15 is 4.39 Å². The first-order valence-electron chi connectivity index (χ1n) is 13.9. The number of carbonyl (C=O) groups is 2. The second-order valence-corrected chi connectivity index (χ2v) is 12.5. The molecule has 0 saturated heterocycles. The Morgan fingerprint density at radius 3 is 2.50 bits per heavy atom. The third kappa shape index (κ3) is 7.53. The Balaban J connectivity index is 1.50. The molecule has 0 spiro atoms. The van der Waals surface area contributed by atoms with Crippen LogP contribution in [0.15, 0.2) is 30.7 Å². The lowest BCUT2D eigenvalue weighted by Crippen LogP contribution is -2.43. The van der Waals surface area contributed by atoms with Crippen molar-refractivity contribution in [3.8, 4) is 17.4 Å². The van der Waals surface area contributed by atoms with Gasteiger partial charge in [0.05, 0.1) is 18.4 Å². The van der Waals surface area contributed by atoms with Crippen LogP contribution >= 0.6 is 7.67 Å². The molecule has 1 aromatic carbocycles. The van der Waals surface area contributed by atoms with Gasteiger partial charge in [0.2, 0.25) is 5.88 Å². The molecule has 0 radical (unpaired) electrons. The molecule has 0 amide bonds. The quantitative estimate of drug-likeness (QED) is 0.112. The van der Waals surface area contributed by atoms with Crippen molar-refractivity contribution in [3.05, 3.63) is 47.8 Å². The Bertz CT molecular complexity index is 1720. The topological polar surface area (TPSA) is 178 Å². The van der Waals surface area contributed by atoms with Crippen LogP contribution in [0.3, 0.4) is 0 Å². The maximum atomic E-state index is 15.2. The first-order chi connectivity index (χ1) is 20.7. The molecule has 4 unspecified atom stereocenters. The highest BCUT2D eigenvalue weighted by Crippen LogP contribution is 2.41. The van der Waals surface area contributed by atoms with Gasteiger partial charge in [0, 0.05) is 22.2 Å². The average molecular weight is 635 g/mol. The van der Waals surface area contributed by atoms with Gasteiger partial charge in [-0.25, -0.2) is 19.1 Å². The number of H-pyrrole nitrogens is 1. The van der Waals surface area contributed by atoms with Crippen molar-refractivity contribution in [2.45, 2.75) is 72.8 Å². The van der Waals surface area contributed by atoms with E-state index < -0.39 is 49.7 Å². The Labute approximate surface area is 252 Å². The second-order valence-electron chi connectivity index (χ2n) is 10.7. The van der Waals surface area contributed by atoms with Crippen molar-refractivity contribution in [1.29, 1.82) is 0 Å². The minimum absolute atomic E-state index is 0.0139. The minimum atomic E-state index is -4.11. The number of carboxylic acid groups (broad SMARTS) is 1. The highest BCUT2D eigenvalue weighted by molar-refractivity contribution is 7.54. The summed E-state index contributed by atoms with van der Waals surface area (Å²) >= 11 is 0. The summed E-state index contributed by atoms with van der Waals surface area (Å²) in [5.74, 6) is -2.03. The van der Waals surface area contributed by atoms with Gasteiger partial charge in [0.1, 0.15) is 36.3 Å². The average Bonchev–Trinajstić information content (AvgIpc) is 3.48. The molecule has 4 N–H and O–H groups in total. The lowest BCUT2D eigenvalue weighted by molar-refractivity contribution is -0.149. The number of esters is 1. The number of hydrogen-bond donors (Lipinski definition) is 4. The number of nitrogens with zero attached hydrogens (tertiary/aromatic N) is 3. The van der Waals surface area contributed by atoms with Crippen LogP contribution in [0.1, 0.15) is 45.9 Å². The molecule has 238 valence electrons. The van der Waals surface area contributed by atoms with E-state index in [1.54, 1.807) is 46.0 Å². The third-order valence-electron chi connectivity index (χ3n) is 6.40. The maximum absolute atomic E-state index is 15.2. The molecule has 4 aromatic rings. The summed E-state index contributed by atoms with van der Waals surface area (Å²) in [6.07, 6.45) is 1.57. The van der Waals surface area contributed by atoms with Crippen LogP contribution in [0.2, 0.25) is 0 Å². The Morgan fingerprint density at radius 2 is 1.82 bits per heavy atom. The molecule has 14 nitrogen and oxygen atoms in total. The Morgan fingerprint density at radius 1 is 1.11 bits per heavy atom. The van der Waals surface area contributed by atoms with Crippen molar-refractivity contribution < 1.29 is 42.4 Å². The van der Waals surface area contributed by atoms with E-state index in [0.717, 1.165) is 5.69 Å². The lowest BCUT2D eigenvalue weighted by atomic mass is 10.2. The highest BCUT2D eigenvalue weighted by atomic mass is 31.2. The standard InChI is InChI=1S/C28H36FN6O8P/c1-14(2)41-28(38)19(7)34-44(39,33-18(6)27(36)37)43-16(4)12-40-23-11-35-25(17(23)5)26(30-13-31-35)42-22-9-8-21-20(24(22)29)10-15(3)32-21/h8-11,13-14,16,18-19,32H,12H2,1-7H3,(H,36,37)(H2,33,34,39). The number of carbonyl (C=O) groups excluding carboxylic acids is 1. The predicted molar refractivity (Wildman–Crippen MR) is 158 cm³/mol. The van der Waals surface area contributed by atoms with E-state index in [2.05, 4.69) is 25.2 Å². The summed E-state index contributed by atoms with van der Waals surface area (Å²) in [6.45, 7) is 11.1. The molecule has 0 aliphatic carbocycles. The van der Waals surface area contributed by atoms with E-state index in [9.17, 15) is 19.3 Å². The number of aromatic nitrogens is 4. The summed E-state index contributed by atoms with van der Waals surface area (Å²) in [4.78, 5) is 31.0. The van der Waals surface area contributed by atoms with Gasteiger partial charge in [-0.1, -0.05) is 0 Å². The molecular weight excluding hydrogens is 598 g/mol. The van der Waals surface area contributed by atoms with Crippen LogP contribution in [-0.2, 0) is 23.4 Å². The van der Waals surface area contributed by atoms with E-state index in [1.807, 2.05) is 6.92 Å². The molecule has 0 aliphatic rings. The Hall–Kier alpha value is -4.04. The summed E-state index contributed by atoms with van der Waals surface area (Å²) in [6, 6.07) is 2.57. The fourth-order valence-electron chi connectivity index (χ4n) is 4.34. The number of nitrogens with one attached hydrogen (secondary N) is 3. The zero-order chi connectivity index (χ0) is 32.3. The number of ether oxygens (including phenoxy) is 3. The van der Waals surface area contributed by atoms with Crippen LogP contribution in [0.25, 0.3) is 16.4 Å². The van der Waals surface area contributed by atoms with Gasteiger partial charge in [-0.2, -0.15) is 10.1 Å². The van der Waals surface area contributed by atoms with Crippen molar-refractivity contribution >= 4 is 36.0 Å². The van der Waals surface area contributed by atoms with Crippen molar-refractivity contribution in [2.75, 3.05) is 6.61 Å². The molecule has 0 fully saturated rings. The summed E-state index contributed by atoms with van der Waals surface area (Å²) in [7, 11) is -4.11. The number of aliphatic carboxylic acids is 1. The number of hydrogen-bond acceptors (Lipinski definition) is 9. The first kappa shape index (κ1) is 32.9. The van der Waals surface area contributed by atoms with Crippen LogP contribution in [0.5, 0.6) is 17.4 Å². The van der Waals surface area contributed by atoms with Gasteiger partial charge < -0.3 is 24.3 Å². The zero-order valence-electron chi connectivity index (χ0n) is 25.4. The molecule has 0 saturated carbocycles. The maximum Gasteiger partial charge on any atom is 0.342 e. The predicted octanol–water partition coefficient (Wildman–Crippen LogP) is 4.64. The van der Waals surface area contributed by atoms with Gasteiger partial charge in [-0.15, -0.1) is 0 Å². The van der Waals surface area contributed by atoms with Crippen molar-refractivity contribution in [1.82, 2.24) is 29.8 Å². The fourth-order valence-corrected chi connectivity index (χ4v) is 6.34. The molecule has 16 heteroatoms. The number of aryl methyl sites for hydroxylation is 2. The van der Waals surface area contributed by atoms with Crippen molar-refractivity contribution in [3.63, 3.8) is 0 Å². The number of rotatable bonds is 14. The van der Waals surface area contributed by atoms with Crippen molar-refractivity contribution in [2.24, 2.45) is 0 Å². The second kappa shape index (κ2) is 13.3. The monoisotopic (exact) mass is 634 g/mol. The van der Waals surface area contributed by atoms with E-state index in [-0.39, 0.29) is 18.2 Å². The largest absolute Gasteiger partial charge is 0.489 e. The fraction of sp³-hybridized carbons (Fsp3) is 0.429. The van der Waals surface area contributed by atoms with E-state index in [1.165, 1.54) is 30.8 Å². The minimum Gasteiger partial charge on any atom is -0.489 e. The van der Waals surface area contributed by atoms with Gasteiger partial charge in [-0.05, 0) is 66.7 Å². The molecular formula is C28H36FN6O8P. The third-order valence-corrected chi connectivity index (χ3v) is 8.51. The van der Waals surface area contributed by atoms with Crippen LogP contribution in [0.4, 0.5) is 4.39 Å². The summed E-state index contributed by atoms with van der Waals surface area (Å²) < 4.78 is 53.0. The first-order valence-corrected chi connectivity index (χ1v) is 15.5. The van der Waals surface area contributed by atoms with Crippen LogP contribution < -0.4 is 19.6 Å². The lowest BCUT2D eigenvalue weighted by Gasteiger charge is -2.28. The molecule has 4 rings (SSSR count). The van der Waals surface area contributed by atoms with Gasteiger partial charge in [0.15, 0.2) is 11.6 Å². The molecule has 3 heterocycles. The van der Waals surface area contributed by atoms with E-state index in [4.69, 9.17) is 18.7 Å². The number of benzene rings is 1. The summed E-state index contributed by atoms with van der Waals surface area (Å²) in [5.41, 5.74) is 2.46. The van der Waals surface area contributed by atoms with Crippen LogP contribution in [-0.4, -0.2) is 67.5 Å². The Kier molecular flexibility index (Phi) is 9.94. The summed E-state index contributed by atoms with van der Waals surface area (Å²) in [5, 5.41) is 18.9.